The zero-order valence-electron chi connectivity index (χ0n) is 16.9. The summed E-state index contributed by atoms with van der Waals surface area (Å²) < 4.78 is 27.3. The van der Waals surface area contributed by atoms with Crippen molar-refractivity contribution >= 4 is 21.8 Å². The molecule has 0 unspecified atom stereocenters. The summed E-state index contributed by atoms with van der Waals surface area (Å²) in [5, 5.41) is 9.23. The molecule has 2 aromatic rings. The molecule has 1 amide bonds. The number of anilines is 1. The standard InChI is InChI=1S/C22H26N2O4S/c1-15(2)16-4-10-20(11-5-16)29(27,28)23(3)19-8-6-17(7-9-19)22-12-18(22)13-24(14-22)21(25)26/h4-11,15,18H,12-14H2,1-3H3,(H,25,26)/t18-,22+/m1/s1. The van der Waals surface area contributed by atoms with Crippen LogP contribution < -0.4 is 4.31 Å². The summed E-state index contributed by atoms with van der Waals surface area (Å²) in [4.78, 5) is 13.0. The highest BCUT2D eigenvalue weighted by atomic mass is 32.2. The number of carboxylic acid groups (broad SMARTS) is 1. The van der Waals surface area contributed by atoms with E-state index in [1.165, 1.54) is 9.21 Å². The number of piperidine rings is 1. The van der Waals surface area contributed by atoms with Gasteiger partial charge in [-0.3, -0.25) is 4.31 Å². The number of sulfonamides is 1. The lowest BCUT2D eigenvalue weighted by Crippen LogP contribution is -2.31. The number of hydrogen-bond acceptors (Lipinski definition) is 3. The fourth-order valence-corrected chi connectivity index (χ4v) is 5.60. The molecule has 1 aliphatic heterocycles. The van der Waals surface area contributed by atoms with Crippen molar-refractivity contribution < 1.29 is 18.3 Å². The van der Waals surface area contributed by atoms with Crippen LogP contribution in [0.2, 0.25) is 0 Å². The number of carbonyl (C=O) groups is 1. The number of likely N-dealkylation sites (tertiary alicyclic amines) is 1. The lowest BCUT2D eigenvalue weighted by atomic mass is 9.95. The van der Waals surface area contributed by atoms with Gasteiger partial charge in [-0.25, -0.2) is 13.2 Å². The third-order valence-corrected chi connectivity index (χ3v) is 8.23. The van der Waals surface area contributed by atoms with Crippen LogP contribution >= 0.6 is 0 Å². The van der Waals surface area contributed by atoms with Crippen LogP contribution in [0.3, 0.4) is 0 Å². The van der Waals surface area contributed by atoms with Crippen molar-refractivity contribution in [3.8, 4) is 0 Å². The second-order valence-electron chi connectivity index (χ2n) is 8.46. The number of nitrogens with zero attached hydrogens (tertiary/aromatic N) is 2. The first-order valence-electron chi connectivity index (χ1n) is 9.82. The maximum Gasteiger partial charge on any atom is 0.407 e. The number of benzene rings is 2. The van der Waals surface area contributed by atoms with E-state index in [2.05, 4.69) is 13.8 Å². The van der Waals surface area contributed by atoms with Gasteiger partial charge in [-0.05, 0) is 53.6 Å². The Labute approximate surface area is 171 Å². The summed E-state index contributed by atoms with van der Waals surface area (Å²) in [6, 6.07) is 14.5. The van der Waals surface area contributed by atoms with Gasteiger partial charge in [-0.15, -0.1) is 0 Å². The van der Waals surface area contributed by atoms with Gasteiger partial charge < -0.3 is 10.0 Å². The van der Waals surface area contributed by atoms with Crippen LogP contribution in [0.1, 0.15) is 37.3 Å². The van der Waals surface area contributed by atoms with E-state index in [4.69, 9.17) is 0 Å². The molecule has 4 rings (SSSR count). The Balaban J connectivity index is 1.54. The molecule has 0 bridgehead atoms. The minimum absolute atomic E-state index is 0.0962. The second kappa shape index (κ2) is 6.76. The fraction of sp³-hybridized carbons (Fsp3) is 0.409. The van der Waals surface area contributed by atoms with E-state index in [-0.39, 0.29) is 10.3 Å². The van der Waals surface area contributed by atoms with Crippen LogP contribution in [0.25, 0.3) is 0 Å². The molecule has 154 valence electrons. The monoisotopic (exact) mass is 414 g/mol. The second-order valence-corrected chi connectivity index (χ2v) is 10.4. The molecule has 0 radical (unpaired) electrons. The molecular formula is C22H26N2O4S. The highest BCUT2D eigenvalue weighted by Crippen LogP contribution is 2.59. The van der Waals surface area contributed by atoms with Crippen LogP contribution in [-0.4, -0.2) is 44.7 Å². The lowest BCUT2D eigenvalue weighted by Gasteiger charge is -2.22. The smallest absolute Gasteiger partial charge is 0.407 e. The maximum absolute atomic E-state index is 13.0. The van der Waals surface area contributed by atoms with Crippen molar-refractivity contribution in [2.45, 2.75) is 36.5 Å². The Morgan fingerprint density at radius 2 is 1.76 bits per heavy atom. The normalized spacial score (nSPS) is 23.2. The van der Waals surface area contributed by atoms with E-state index in [0.29, 0.717) is 30.6 Å². The van der Waals surface area contributed by atoms with Gasteiger partial charge in [-0.2, -0.15) is 0 Å². The van der Waals surface area contributed by atoms with E-state index < -0.39 is 16.1 Å². The van der Waals surface area contributed by atoms with Gasteiger partial charge in [0, 0.05) is 25.6 Å². The first kappa shape index (κ1) is 19.8. The summed E-state index contributed by atoms with van der Waals surface area (Å²) in [6.45, 7) is 5.24. The Kier molecular flexibility index (Phi) is 4.61. The summed E-state index contributed by atoms with van der Waals surface area (Å²) in [7, 11) is -2.09. The van der Waals surface area contributed by atoms with E-state index in [0.717, 1.165) is 17.5 Å². The zero-order chi connectivity index (χ0) is 21.0. The molecule has 6 nitrogen and oxygen atoms in total. The molecule has 1 saturated carbocycles. The first-order valence-corrected chi connectivity index (χ1v) is 11.3. The summed E-state index contributed by atoms with van der Waals surface area (Å²) >= 11 is 0. The summed E-state index contributed by atoms with van der Waals surface area (Å²) in [5.74, 6) is 0.709. The Hall–Kier alpha value is -2.54. The van der Waals surface area contributed by atoms with Crippen molar-refractivity contribution in [2.24, 2.45) is 5.92 Å². The van der Waals surface area contributed by atoms with Crippen LogP contribution in [0.4, 0.5) is 10.5 Å². The van der Waals surface area contributed by atoms with E-state index in [1.54, 1.807) is 19.2 Å². The topological polar surface area (TPSA) is 77.9 Å². The van der Waals surface area contributed by atoms with Gasteiger partial charge in [0.1, 0.15) is 0 Å². The Morgan fingerprint density at radius 1 is 1.14 bits per heavy atom. The predicted molar refractivity (Wildman–Crippen MR) is 112 cm³/mol. The van der Waals surface area contributed by atoms with Gasteiger partial charge in [-0.1, -0.05) is 38.1 Å². The molecule has 1 aliphatic carbocycles. The molecular weight excluding hydrogens is 388 g/mol. The molecule has 2 aromatic carbocycles. The number of fused-ring (bicyclic) bond motifs is 1. The molecule has 1 saturated heterocycles. The van der Waals surface area contributed by atoms with Crippen LogP contribution in [0.5, 0.6) is 0 Å². The number of amides is 1. The van der Waals surface area contributed by atoms with Gasteiger partial charge in [0.2, 0.25) is 0 Å². The number of hydrogen-bond donors (Lipinski definition) is 1. The van der Waals surface area contributed by atoms with Crippen LogP contribution in [-0.2, 0) is 15.4 Å². The molecule has 0 aromatic heterocycles. The fourth-order valence-electron chi connectivity index (χ4n) is 4.40. The lowest BCUT2D eigenvalue weighted by molar-refractivity contribution is 0.150. The first-order chi connectivity index (χ1) is 13.6. The quantitative estimate of drug-likeness (QED) is 0.805. The Bertz CT molecular complexity index is 1030. The van der Waals surface area contributed by atoms with Crippen molar-refractivity contribution in [1.82, 2.24) is 4.90 Å². The SMILES string of the molecule is CC(C)c1ccc(S(=O)(=O)N(C)c2ccc([C@@]34C[C@@H]3CN(C(=O)O)C4)cc2)cc1. The van der Waals surface area contributed by atoms with Gasteiger partial charge in [0.15, 0.2) is 0 Å². The molecule has 29 heavy (non-hydrogen) atoms. The summed E-state index contributed by atoms with van der Waals surface area (Å²) in [5.41, 5.74) is 2.67. The van der Waals surface area contributed by atoms with E-state index in [9.17, 15) is 18.3 Å². The Morgan fingerprint density at radius 3 is 2.28 bits per heavy atom. The third kappa shape index (κ3) is 3.27. The van der Waals surface area contributed by atoms with Crippen LogP contribution in [0, 0.1) is 5.92 Å². The summed E-state index contributed by atoms with van der Waals surface area (Å²) in [6.07, 6.45) is 0.120. The van der Waals surface area contributed by atoms with Crippen molar-refractivity contribution in [1.29, 1.82) is 0 Å². The molecule has 2 aliphatic rings. The minimum Gasteiger partial charge on any atom is -0.465 e. The van der Waals surface area contributed by atoms with Gasteiger partial charge in [0.05, 0.1) is 10.6 Å². The third-order valence-electron chi connectivity index (χ3n) is 6.43. The predicted octanol–water partition coefficient (Wildman–Crippen LogP) is 3.89. The molecule has 7 heteroatoms. The molecule has 1 heterocycles. The minimum atomic E-state index is -3.64. The maximum atomic E-state index is 13.0. The zero-order valence-corrected chi connectivity index (χ0v) is 17.7. The number of rotatable bonds is 5. The highest BCUT2D eigenvalue weighted by molar-refractivity contribution is 7.92. The average Bonchev–Trinajstić information content (AvgIpc) is 3.28. The van der Waals surface area contributed by atoms with Gasteiger partial charge >= 0.3 is 6.09 Å². The molecule has 0 spiro atoms. The van der Waals surface area contributed by atoms with Crippen molar-refractivity contribution in [3.63, 3.8) is 0 Å². The molecule has 2 fully saturated rings. The van der Waals surface area contributed by atoms with Crippen LogP contribution in [0.15, 0.2) is 53.4 Å². The highest BCUT2D eigenvalue weighted by Gasteiger charge is 2.61. The van der Waals surface area contributed by atoms with E-state index in [1.807, 2.05) is 36.4 Å². The van der Waals surface area contributed by atoms with Gasteiger partial charge in [0.25, 0.3) is 10.0 Å². The van der Waals surface area contributed by atoms with Crippen molar-refractivity contribution in [3.05, 3.63) is 59.7 Å². The van der Waals surface area contributed by atoms with Crippen molar-refractivity contribution in [2.75, 3.05) is 24.4 Å². The molecule has 1 N–H and O–H groups in total. The van der Waals surface area contributed by atoms with E-state index >= 15 is 0 Å². The largest absolute Gasteiger partial charge is 0.465 e. The average molecular weight is 415 g/mol. The molecule has 2 atom stereocenters.